The first-order valence-electron chi connectivity index (χ1n) is 19.6. The van der Waals surface area contributed by atoms with Gasteiger partial charge in [0.2, 0.25) is 0 Å². The molecule has 2 atom stereocenters. The molecular formula is C50H44N6O3. The number of carbonyl (C=O) groups excluding carboxylic acids is 2. The second-order valence-corrected chi connectivity index (χ2v) is 14.4. The number of nitrogens with one attached hydrogen (secondary N) is 2. The molecule has 0 aliphatic heterocycles. The normalized spacial score (nSPS) is 12.6. The van der Waals surface area contributed by atoms with Gasteiger partial charge in [-0.1, -0.05) is 146 Å². The Hall–Kier alpha value is -7.36. The van der Waals surface area contributed by atoms with E-state index in [1.807, 2.05) is 157 Å². The van der Waals surface area contributed by atoms with Crippen molar-refractivity contribution < 1.29 is 14.3 Å². The van der Waals surface area contributed by atoms with E-state index in [0.29, 0.717) is 11.1 Å². The molecule has 2 amide bonds. The number of benzene rings is 6. The van der Waals surface area contributed by atoms with Crippen molar-refractivity contribution in [3.63, 3.8) is 0 Å². The molecule has 2 N–H and O–H groups in total. The first-order valence-corrected chi connectivity index (χ1v) is 19.6. The molecular weight excluding hydrogens is 733 g/mol. The Balaban J connectivity index is 1.30. The van der Waals surface area contributed by atoms with Gasteiger partial charge in [0.15, 0.2) is 0 Å². The molecule has 292 valence electrons. The van der Waals surface area contributed by atoms with Crippen molar-refractivity contribution >= 4 is 11.8 Å². The van der Waals surface area contributed by atoms with Crippen molar-refractivity contribution in [3.8, 4) is 0 Å². The minimum atomic E-state index is -1.25. The molecule has 2 unspecified atom stereocenters. The Kier molecular flexibility index (Phi) is 11.1. The van der Waals surface area contributed by atoms with Crippen LogP contribution in [-0.4, -0.2) is 30.9 Å². The van der Waals surface area contributed by atoms with E-state index < -0.39 is 11.2 Å². The fourth-order valence-corrected chi connectivity index (χ4v) is 7.68. The standard InChI is InChI=1S/C50H44N6O3/c1-37(55-33-31-51-35-55)53-47(57)39-23-27-45(28-24-39)49(41-15-7-3-8-16-41,42-17-9-4-10-18-42)59-50(43-19-11-5-12-20-43,44-21-13-6-14-22-44)46-29-25-40(26-30-46)48(58)54-38(2)56-34-32-52-36-56/h3-38H,1-2H3,(H,53,57)(H,54,58). The zero-order valence-electron chi connectivity index (χ0n) is 32.8. The molecule has 8 aromatic rings. The lowest BCUT2D eigenvalue weighted by Gasteiger charge is -2.46. The number of imidazole rings is 2. The summed E-state index contributed by atoms with van der Waals surface area (Å²) in [5.41, 5.74) is 3.69. The number of aromatic nitrogens is 4. The Labute approximate surface area is 344 Å². The number of amides is 2. The molecule has 0 radical (unpaired) electrons. The van der Waals surface area contributed by atoms with Crippen LogP contribution in [0.2, 0.25) is 0 Å². The van der Waals surface area contributed by atoms with Gasteiger partial charge in [-0.15, -0.1) is 0 Å². The predicted octanol–water partition coefficient (Wildman–Crippen LogP) is 9.28. The molecule has 59 heavy (non-hydrogen) atoms. The van der Waals surface area contributed by atoms with Gasteiger partial charge in [0, 0.05) is 35.9 Å². The number of rotatable bonds is 14. The summed E-state index contributed by atoms with van der Waals surface area (Å²) in [7, 11) is 0. The van der Waals surface area contributed by atoms with Gasteiger partial charge < -0.3 is 24.5 Å². The van der Waals surface area contributed by atoms with Gasteiger partial charge in [-0.3, -0.25) is 9.59 Å². The first kappa shape index (κ1) is 38.5. The van der Waals surface area contributed by atoms with Crippen LogP contribution in [0.25, 0.3) is 0 Å². The molecule has 0 saturated heterocycles. The Morgan fingerprint density at radius 2 is 0.746 bits per heavy atom. The molecule has 8 rings (SSSR count). The third-order valence-corrected chi connectivity index (χ3v) is 10.8. The summed E-state index contributed by atoms with van der Waals surface area (Å²) in [5.74, 6) is -0.426. The second kappa shape index (κ2) is 17.0. The fraction of sp³-hybridized carbons (Fsp3) is 0.120. The van der Waals surface area contributed by atoms with Crippen LogP contribution in [0.15, 0.2) is 207 Å². The summed E-state index contributed by atoms with van der Waals surface area (Å²) in [6.45, 7) is 3.82. The molecule has 0 aliphatic rings. The number of carbonyl (C=O) groups is 2. The van der Waals surface area contributed by atoms with E-state index in [4.69, 9.17) is 4.74 Å². The van der Waals surface area contributed by atoms with E-state index in [1.54, 1.807) is 25.0 Å². The van der Waals surface area contributed by atoms with Crippen molar-refractivity contribution in [2.24, 2.45) is 0 Å². The van der Waals surface area contributed by atoms with Crippen LogP contribution < -0.4 is 10.6 Å². The number of nitrogens with zero attached hydrogens (tertiary/aromatic N) is 4. The molecule has 9 nitrogen and oxygen atoms in total. The highest BCUT2D eigenvalue weighted by atomic mass is 16.5. The van der Waals surface area contributed by atoms with Gasteiger partial charge >= 0.3 is 0 Å². The maximum absolute atomic E-state index is 13.6. The summed E-state index contributed by atoms with van der Waals surface area (Å²) < 4.78 is 11.8. The fourth-order valence-electron chi connectivity index (χ4n) is 7.68. The molecule has 0 fully saturated rings. The van der Waals surface area contributed by atoms with Crippen LogP contribution in [0.4, 0.5) is 0 Å². The highest BCUT2D eigenvalue weighted by Gasteiger charge is 2.49. The SMILES string of the molecule is CC(NC(=O)c1ccc(C(OC(c2ccccc2)(c2ccccc2)c2ccc(C(=O)NC(C)n3ccnc3)cc2)(c2ccccc2)c2ccccc2)cc1)n1ccnc1. The number of ether oxygens (including phenoxy) is 1. The summed E-state index contributed by atoms with van der Waals surface area (Å²) in [6, 6.07) is 56.0. The van der Waals surface area contributed by atoms with E-state index in [-0.39, 0.29) is 24.1 Å². The Bertz CT molecular complexity index is 2300. The van der Waals surface area contributed by atoms with Gasteiger partial charge in [0.05, 0.1) is 12.7 Å². The van der Waals surface area contributed by atoms with Gasteiger partial charge in [-0.25, -0.2) is 9.97 Å². The smallest absolute Gasteiger partial charge is 0.252 e. The maximum atomic E-state index is 13.6. The van der Waals surface area contributed by atoms with Crippen LogP contribution in [0, 0.1) is 0 Å². The van der Waals surface area contributed by atoms with Crippen LogP contribution >= 0.6 is 0 Å². The maximum Gasteiger partial charge on any atom is 0.252 e. The zero-order valence-corrected chi connectivity index (χ0v) is 32.8. The number of hydrogen-bond acceptors (Lipinski definition) is 5. The second-order valence-electron chi connectivity index (χ2n) is 14.4. The van der Waals surface area contributed by atoms with E-state index in [9.17, 15) is 9.59 Å². The zero-order chi connectivity index (χ0) is 40.7. The average molecular weight is 777 g/mol. The molecule has 0 bridgehead atoms. The molecule has 0 spiro atoms. The molecule has 0 aliphatic carbocycles. The van der Waals surface area contributed by atoms with E-state index >= 15 is 0 Å². The summed E-state index contributed by atoms with van der Waals surface area (Å²) in [6.07, 6.45) is 9.77. The lowest BCUT2D eigenvalue weighted by atomic mass is 9.75. The van der Waals surface area contributed by atoms with Crippen molar-refractivity contribution in [1.29, 1.82) is 0 Å². The largest absolute Gasteiger partial charge is 0.340 e. The average Bonchev–Trinajstić information content (AvgIpc) is 4.05. The van der Waals surface area contributed by atoms with Gasteiger partial charge in [0.25, 0.3) is 11.8 Å². The van der Waals surface area contributed by atoms with Crippen LogP contribution in [0.5, 0.6) is 0 Å². The minimum absolute atomic E-state index is 0.213. The van der Waals surface area contributed by atoms with Crippen molar-refractivity contribution in [3.05, 3.63) is 252 Å². The summed E-state index contributed by atoms with van der Waals surface area (Å²) in [5, 5.41) is 6.15. The molecule has 2 heterocycles. The number of hydrogen-bond donors (Lipinski definition) is 2. The summed E-state index contributed by atoms with van der Waals surface area (Å²) >= 11 is 0. The highest BCUT2D eigenvalue weighted by molar-refractivity contribution is 5.95. The van der Waals surface area contributed by atoms with Gasteiger partial charge in [-0.2, -0.15) is 0 Å². The van der Waals surface area contributed by atoms with Crippen molar-refractivity contribution in [2.75, 3.05) is 0 Å². The third-order valence-electron chi connectivity index (χ3n) is 10.8. The quantitative estimate of drug-likeness (QED) is 0.107. The third kappa shape index (κ3) is 7.71. The Morgan fingerprint density at radius 3 is 1.02 bits per heavy atom. The minimum Gasteiger partial charge on any atom is -0.340 e. The monoisotopic (exact) mass is 776 g/mol. The molecule has 6 aromatic carbocycles. The van der Waals surface area contributed by atoms with Crippen LogP contribution in [0.3, 0.4) is 0 Å². The van der Waals surface area contributed by atoms with Crippen molar-refractivity contribution in [2.45, 2.75) is 37.4 Å². The topological polar surface area (TPSA) is 103 Å². The summed E-state index contributed by atoms with van der Waals surface area (Å²) in [4.78, 5) is 35.5. The molecule has 0 saturated carbocycles. The molecule has 9 heteroatoms. The van der Waals surface area contributed by atoms with E-state index in [1.165, 1.54) is 0 Å². The predicted molar refractivity (Wildman–Crippen MR) is 228 cm³/mol. The lowest BCUT2D eigenvalue weighted by Crippen LogP contribution is -2.44. The van der Waals surface area contributed by atoms with Crippen LogP contribution in [-0.2, 0) is 15.9 Å². The van der Waals surface area contributed by atoms with Crippen molar-refractivity contribution in [1.82, 2.24) is 29.7 Å². The molecule has 2 aromatic heterocycles. The van der Waals surface area contributed by atoms with Crippen LogP contribution in [0.1, 0.15) is 80.3 Å². The van der Waals surface area contributed by atoms with Gasteiger partial charge in [0.1, 0.15) is 23.5 Å². The Morgan fingerprint density at radius 1 is 0.458 bits per heavy atom. The van der Waals surface area contributed by atoms with Gasteiger partial charge in [-0.05, 0) is 71.5 Å². The first-order chi connectivity index (χ1) is 28.9. The van der Waals surface area contributed by atoms with E-state index in [0.717, 1.165) is 33.4 Å². The lowest BCUT2D eigenvalue weighted by molar-refractivity contribution is -0.0810. The van der Waals surface area contributed by atoms with E-state index in [2.05, 4.69) is 69.1 Å². The highest BCUT2D eigenvalue weighted by Crippen LogP contribution is 2.51.